The highest BCUT2D eigenvalue weighted by Gasteiger charge is 2.31. The molecule has 0 atom stereocenters. The first kappa shape index (κ1) is 12.3. The summed E-state index contributed by atoms with van der Waals surface area (Å²) in [5.74, 6) is -0.282. The molecule has 0 aliphatic rings. The Labute approximate surface area is 102 Å². The molecule has 94 valence electrons. The number of halogens is 3. The third-order valence-electron chi connectivity index (χ3n) is 2.34. The molecule has 0 aromatic heterocycles. The van der Waals surface area contributed by atoms with Gasteiger partial charge >= 0.3 is 6.36 Å². The van der Waals surface area contributed by atoms with E-state index in [0.717, 1.165) is 5.56 Å². The van der Waals surface area contributed by atoms with Crippen LogP contribution >= 0.6 is 0 Å². The second-order valence-electron chi connectivity index (χ2n) is 3.66. The summed E-state index contributed by atoms with van der Waals surface area (Å²) in [4.78, 5) is 0. The van der Waals surface area contributed by atoms with Crippen LogP contribution in [0.4, 0.5) is 18.9 Å². The quantitative estimate of drug-likeness (QED) is 0.825. The lowest BCUT2D eigenvalue weighted by atomic mass is 10.0. The molecule has 0 saturated heterocycles. The fourth-order valence-corrected chi connectivity index (χ4v) is 1.60. The molecule has 2 aromatic rings. The van der Waals surface area contributed by atoms with E-state index in [1.807, 2.05) is 6.07 Å². The maximum atomic E-state index is 12.1. The molecule has 2 N–H and O–H groups in total. The van der Waals surface area contributed by atoms with E-state index in [0.29, 0.717) is 11.3 Å². The van der Waals surface area contributed by atoms with Crippen molar-refractivity contribution in [1.29, 1.82) is 0 Å². The third kappa shape index (κ3) is 2.94. The van der Waals surface area contributed by atoms with Crippen molar-refractivity contribution in [2.24, 2.45) is 0 Å². The molecule has 18 heavy (non-hydrogen) atoms. The fourth-order valence-electron chi connectivity index (χ4n) is 1.60. The summed E-state index contributed by atoms with van der Waals surface area (Å²) in [5, 5.41) is 0. The summed E-state index contributed by atoms with van der Waals surface area (Å²) in [6.45, 7) is 0. The van der Waals surface area contributed by atoms with Gasteiger partial charge in [0.05, 0.1) is 0 Å². The lowest BCUT2D eigenvalue weighted by Crippen LogP contribution is -2.17. The number of ether oxygens (including phenoxy) is 1. The van der Waals surface area contributed by atoms with Gasteiger partial charge in [-0.15, -0.1) is 13.2 Å². The molecule has 0 fully saturated rings. The van der Waals surface area contributed by atoms with Crippen molar-refractivity contribution in [3.05, 3.63) is 48.5 Å². The molecule has 0 heterocycles. The topological polar surface area (TPSA) is 35.2 Å². The molecule has 2 rings (SSSR count). The smallest absolute Gasteiger partial charge is 0.406 e. The van der Waals surface area contributed by atoms with Gasteiger partial charge in [0.15, 0.2) is 0 Å². The monoisotopic (exact) mass is 253 g/mol. The van der Waals surface area contributed by atoms with Gasteiger partial charge in [0, 0.05) is 11.3 Å². The molecule has 0 aliphatic heterocycles. The highest BCUT2D eigenvalue weighted by atomic mass is 19.4. The van der Waals surface area contributed by atoms with Crippen LogP contribution in [0, 0.1) is 0 Å². The lowest BCUT2D eigenvalue weighted by molar-refractivity contribution is -0.274. The zero-order valence-electron chi connectivity index (χ0n) is 9.24. The van der Waals surface area contributed by atoms with Crippen molar-refractivity contribution in [3.63, 3.8) is 0 Å². The van der Waals surface area contributed by atoms with Crippen LogP contribution in [0.3, 0.4) is 0 Å². The van der Waals surface area contributed by atoms with Crippen molar-refractivity contribution in [2.45, 2.75) is 6.36 Å². The summed E-state index contributed by atoms with van der Waals surface area (Å²) in [5.41, 5.74) is 7.40. The molecule has 2 aromatic carbocycles. The van der Waals surface area contributed by atoms with Gasteiger partial charge in [0.2, 0.25) is 0 Å². The molecule has 5 heteroatoms. The molecule has 0 saturated carbocycles. The summed E-state index contributed by atoms with van der Waals surface area (Å²) in [6.07, 6.45) is -4.70. The van der Waals surface area contributed by atoms with Gasteiger partial charge in [-0.3, -0.25) is 0 Å². The number of alkyl halides is 3. The number of anilines is 1. The number of nitrogen functional groups attached to an aromatic ring is 1. The van der Waals surface area contributed by atoms with Crippen LogP contribution < -0.4 is 10.5 Å². The Balaban J connectivity index is 2.39. The Morgan fingerprint density at radius 2 is 1.61 bits per heavy atom. The van der Waals surface area contributed by atoms with Crippen molar-refractivity contribution < 1.29 is 17.9 Å². The molecular formula is C13H10F3NO. The number of benzene rings is 2. The van der Waals surface area contributed by atoms with Crippen LogP contribution in [0.25, 0.3) is 11.1 Å². The van der Waals surface area contributed by atoms with Crippen LogP contribution in [-0.4, -0.2) is 6.36 Å². The zero-order valence-corrected chi connectivity index (χ0v) is 9.24. The van der Waals surface area contributed by atoms with E-state index in [9.17, 15) is 13.2 Å². The van der Waals surface area contributed by atoms with Crippen molar-refractivity contribution in [3.8, 4) is 16.9 Å². The Morgan fingerprint density at radius 3 is 2.22 bits per heavy atom. The van der Waals surface area contributed by atoms with E-state index in [2.05, 4.69) is 4.74 Å². The summed E-state index contributed by atoms with van der Waals surface area (Å²) in [7, 11) is 0. The van der Waals surface area contributed by atoms with E-state index >= 15 is 0 Å². The highest BCUT2D eigenvalue weighted by Crippen LogP contribution is 2.32. The normalized spacial score (nSPS) is 11.3. The highest BCUT2D eigenvalue weighted by molar-refractivity contribution is 5.77. The minimum atomic E-state index is -4.70. The number of hydrogen-bond acceptors (Lipinski definition) is 2. The van der Waals surface area contributed by atoms with Crippen molar-refractivity contribution in [1.82, 2.24) is 0 Å². The third-order valence-corrected chi connectivity index (χ3v) is 2.34. The Bertz CT molecular complexity index is 538. The fraction of sp³-hybridized carbons (Fsp3) is 0.0769. The Morgan fingerprint density at radius 1 is 0.944 bits per heavy atom. The Hall–Kier alpha value is -2.17. The first-order valence-electron chi connectivity index (χ1n) is 5.16. The minimum absolute atomic E-state index is 0.282. The van der Waals surface area contributed by atoms with E-state index < -0.39 is 6.36 Å². The maximum absolute atomic E-state index is 12.1. The predicted molar refractivity (Wildman–Crippen MR) is 63.0 cm³/mol. The predicted octanol–water partition coefficient (Wildman–Crippen LogP) is 3.83. The van der Waals surface area contributed by atoms with Gasteiger partial charge < -0.3 is 10.5 Å². The van der Waals surface area contributed by atoms with E-state index in [-0.39, 0.29) is 5.75 Å². The summed E-state index contributed by atoms with van der Waals surface area (Å²) < 4.78 is 40.2. The first-order valence-corrected chi connectivity index (χ1v) is 5.16. The standard InChI is InChI=1S/C13H10F3NO/c14-13(15,16)18-10-6-7-12(17)11(8-10)9-4-2-1-3-5-9/h1-8H,17H2. The minimum Gasteiger partial charge on any atom is -0.406 e. The van der Waals surface area contributed by atoms with Gasteiger partial charge in [-0.25, -0.2) is 0 Å². The maximum Gasteiger partial charge on any atom is 0.573 e. The second kappa shape index (κ2) is 4.60. The average Bonchev–Trinajstić information content (AvgIpc) is 2.31. The molecule has 0 unspecified atom stereocenters. The summed E-state index contributed by atoms with van der Waals surface area (Å²) in [6, 6.07) is 12.8. The van der Waals surface area contributed by atoms with Crippen LogP contribution in [0.2, 0.25) is 0 Å². The van der Waals surface area contributed by atoms with Crippen LogP contribution in [0.15, 0.2) is 48.5 Å². The molecule has 0 amide bonds. The Kier molecular flexibility index (Phi) is 3.14. The number of rotatable bonds is 2. The van der Waals surface area contributed by atoms with Crippen LogP contribution in [0.5, 0.6) is 5.75 Å². The second-order valence-corrected chi connectivity index (χ2v) is 3.66. The molecule has 0 aliphatic carbocycles. The SMILES string of the molecule is Nc1ccc(OC(F)(F)F)cc1-c1ccccc1. The van der Waals surface area contributed by atoms with E-state index in [4.69, 9.17) is 5.73 Å². The zero-order chi connectivity index (χ0) is 13.2. The summed E-state index contributed by atoms with van der Waals surface area (Å²) >= 11 is 0. The van der Waals surface area contributed by atoms with Gasteiger partial charge in [-0.1, -0.05) is 30.3 Å². The average molecular weight is 253 g/mol. The van der Waals surface area contributed by atoms with Crippen LogP contribution in [0.1, 0.15) is 0 Å². The molecule has 0 spiro atoms. The molecule has 2 nitrogen and oxygen atoms in total. The molecular weight excluding hydrogens is 243 g/mol. The van der Waals surface area contributed by atoms with Crippen molar-refractivity contribution in [2.75, 3.05) is 5.73 Å². The van der Waals surface area contributed by atoms with Crippen molar-refractivity contribution >= 4 is 5.69 Å². The number of nitrogens with two attached hydrogens (primary N) is 1. The van der Waals surface area contributed by atoms with Gasteiger partial charge in [0.25, 0.3) is 0 Å². The number of hydrogen-bond donors (Lipinski definition) is 1. The first-order chi connectivity index (χ1) is 8.46. The van der Waals surface area contributed by atoms with Gasteiger partial charge in [-0.05, 0) is 23.8 Å². The van der Waals surface area contributed by atoms with E-state index in [1.54, 1.807) is 24.3 Å². The van der Waals surface area contributed by atoms with E-state index in [1.165, 1.54) is 18.2 Å². The van der Waals surface area contributed by atoms with Gasteiger partial charge in [0.1, 0.15) is 5.75 Å². The molecule has 0 bridgehead atoms. The molecule has 0 radical (unpaired) electrons. The van der Waals surface area contributed by atoms with Gasteiger partial charge in [-0.2, -0.15) is 0 Å². The largest absolute Gasteiger partial charge is 0.573 e. The lowest BCUT2D eigenvalue weighted by Gasteiger charge is -2.12. The van der Waals surface area contributed by atoms with Crippen LogP contribution in [-0.2, 0) is 0 Å².